The molecule has 0 saturated carbocycles. The molecule has 1 aromatic carbocycles. The van der Waals surface area contributed by atoms with Crippen LogP contribution in [0.25, 0.3) is 0 Å². The van der Waals surface area contributed by atoms with Crippen LogP contribution < -0.4 is 10.6 Å². The molecule has 19 heavy (non-hydrogen) atoms. The van der Waals surface area contributed by atoms with Gasteiger partial charge in [-0.3, -0.25) is 9.59 Å². The number of benzene rings is 1. The van der Waals surface area contributed by atoms with E-state index in [2.05, 4.69) is 10.6 Å². The first-order chi connectivity index (χ1) is 9.04. The maximum atomic E-state index is 11.8. The highest BCUT2D eigenvalue weighted by molar-refractivity contribution is 5.97. The van der Waals surface area contributed by atoms with Crippen LogP contribution in [0.2, 0.25) is 0 Å². The molecule has 1 rings (SSSR count). The molecule has 0 fully saturated rings. The van der Waals surface area contributed by atoms with Gasteiger partial charge in [0.05, 0.1) is 6.61 Å². The highest BCUT2D eigenvalue weighted by Crippen LogP contribution is 2.10. The van der Waals surface area contributed by atoms with Crippen molar-refractivity contribution >= 4 is 11.8 Å². The fourth-order valence-corrected chi connectivity index (χ4v) is 1.42. The number of amides is 2. The zero-order chi connectivity index (χ0) is 14.3. The van der Waals surface area contributed by atoms with Crippen molar-refractivity contribution in [3.63, 3.8) is 0 Å². The molecule has 6 heteroatoms. The summed E-state index contributed by atoms with van der Waals surface area (Å²) < 4.78 is 4.81. The predicted molar refractivity (Wildman–Crippen MR) is 69.9 cm³/mol. The van der Waals surface area contributed by atoms with Crippen LogP contribution in [0.15, 0.2) is 24.3 Å². The first-order valence-electron chi connectivity index (χ1n) is 5.91. The van der Waals surface area contributed by atoms with Crippen LogP contribution in [-0.2, 0) is 9.53 Å². The third kappa shape index (κ3) is 4.97. The lowest BCUT2D eigenvalue weighted by atomic mass is 10.2. The fourth-order valence-electron chi connectivity index (χ4n) is 1.42. The van der Waals surface area contributed by atoms with E-state index in [-0.39, 0.29) is 11.7 Å². The van der Waals surface area contributed by atoms with Gasteiger partial charge in [-0.15, -0.1) is 0 Å². The number of carbonyl (C=O) groups is 2. The van der Waals surface area contributed by atoms with Crippen molar-refractivity contribution in [3.05, 3.63) is 29.8 Å². The molecule has 0 aliphatic carbocycles. The van der Waals surface area contributed by atoms with Crippen LogP contribution in [0.1, 0.15) is 17.3 Å². The van der Waals surface area contributed by atoms with Crippen LogP contribution in [0.3, 0.4) is 0 Å². The highest BCUT2D eigenvalue weighted by atomic mass is 16.5. The number of phenols is 1. The molecule has 6 nitrogen and oxygen atoms in total. The summed E-state index contributed by atoms with van der Waals surface area (Å²) in [4.78, 5) is 23.4. The Balaban J connectivity index is 2.49. The second kappa shape index (κ2) is 7.38. The van der Waals surface area contributed by atoms with E-state index in [1.54, 1.807) is 26.2 Å². The number of phenolic OH excluding ortho intramolecular Hbond substituents is 1. The van der Waals surface area contributed by atoms with Crippen molar-refractivity contribution in [1.82, 2.24) is 10.6 Å². The summed E-state index contributed by atoms with van der Waals surface area (Å²) in [5.74, 6) is -0.694. The van der Waals surface area contributed by atoms with Crippen LogP contribution in [0.4, 0.5) is 0 Å². The minimum atomic E-state index is -0.660. The van der Waals surface area contributed by atoms with E-state index >= 15 is 0 Å². The van der Waals surface area contributed by atoms with E-state index in [9.17, 15) is 14.7 Å². The average Bonchev–Trinajstić information content (AvgIpc) is 2.38. The van der Waals surface area contributed by atoms with Gasteiger partial charge >= 0.3 is 0 Å². The third-order valence-electron chi connectivity index (χ3n) is 2.45. The first-order valence-corrected chi connectivity index (χ1v) is 5.91. The Kier molecular flexibility index (Phi) is 5.81. The van der Waals surface area contributed by atoms with Crippen molar-refractivity contribution < 1.29 is 19.4 Å². The molecule has 0 aliphatic heterocycles. The maximum absolute atomic E-state index is 11.8. The minimum absolute atomic E-state index is 0.00449. The molecular weight excluding hydrogens is 248 g/mol. The number of hydrogen-bond donors (Lipinski definition) is 3. The smallest absolute Gasteiger partial charge is 0.252 e. The molecule has 0 saturated heterocycles. The number of ether oxygens (including phenoxy) is 1. The molecule has 104 valence electrons. The molecule has 0 aromatic heterocycles. The lowest BCUT2D eigenvalue weighted by Gasteiger charge is -2.14. The van der Waals surface area contributed by atoms with E-state index in [4.69, 9.17) is 4.74 Å². The van der Waals surface area contributed by atoms with Gasteiger partial charge in [0.15, 0.2) is 0 Å². The SMILES string of the molecule is COCCNC(=O)C(C)NC(=O)c1cccc(O)c1. The number of aromatic hydroxyl groups is 1. The number of hydrogen-bond acceptors (Lipinski definition) is 4. The largest absolute Gasteiger partial charge is 0.508 e. The quantitative estimate of drug-likeness (QED) is 0.645. The highest BCUT2D eigenvalue weighted by Gasteiger charge is 2.16. The van der Waals surface area contributed by atoms with Crippen molar-refractivity contribution in [1.29, 1.82) is 0 Å². The van der Waals surface area contributed by atoms with E-state index in [1.165, 1.54) is 12.1 Å². The van der Waals surface area contributed by atoms with Crippen LogP contribution in [-0.4, -0.2) is 43.2 Å². The second-order valence-corrected chi connectivity index (χ2v) is 4.03. The van der Waals surface area contributed by atoms with Gasteiger partial charge in [0, 0.05) is 19.2 Å². The fraction of sp³-hybridized carbons (Fsp3) is 0.385. The molecule has 1 unspecified atom stereocenters. The molecule has 0 bridgehead atoms. The molecule has 1 atom stereocenters. The average molecular weight is 266 g/mol. The van der Waals surface area contributed by atoms with E-state index in [0.29, 0.717) is 18.7 Å². The molecule has 0 aliphatic rings. The summed E-state index contributed by atoms with van der Waals surface area (Å²) in [5.41, 5.74) is 0.302. The normalized spacial score (nSPS) is 11.7. The summed E-state index contributed by atoms with van der Waals surface area (Å²) >= 11 is 0. The summed E-state index contributed by atoms with van der Waals surface area (Å²) in [7, 11) is 1.54. The Hall–Kier alpha value is -2.08. The topological polar surface area (TPSA) is 87.7 Å². The third-order valence-corrected chi connectivity index (χ3v) is 2.45. The molecule has 1 aromatic rings. The summed E-state index contributed by atoms with van der Waals surface area (Å²) in [6, 6.07) is 5.27. The van der Waals surface area contributed by atoms with Crippen molar-refractivity contribution in [2.24, 2.45) is 0 Å². The van der Waals surface area contributed by atoms with Crippen LogP contribution in [0, 0.1) is 0 Å². The molecule has 0 heterocycles. The number of methoxy groups -OCH3 is 1. The summed E-state index contributed by atoms with van der Waals surface area (Å²) in [6.07, 6.45) is 0. The maximum Gasteiger partial charge on any atom is 0.252 e. The van der Waals surface area contributed by atoms with Gasteiger partial charge in [-0.1, -0.05) is 6.07 Å². The molecule has 0 radical (unpaired) electrons. The lowest BCUT2D eigenvalue weighted by Crippen LogP contribution is -2.45. The Morgan fingerprint density at radius 2 is 2.16 bits per heavy atom. The van der Waals surface area contributed by atoms with Crippen molar-refractivity contribution in [2.75, 3.05) is 20.3 Å². The van der Waals surface area contributed by atoms with Gasteiger partial charge in [-0.25, -0.2) is 0 Å². The van der Waals surface area contributed by atoms with Gasteiger partial charge < -0.3 is 20.5 Å². The van der Waals surface area contributed by atoms with E-state index in [0.717, 1.165) is 0 Å². The van der Waals surface area contributed by atoms with Crippen LogP contribution >= 0.6 is 0 Å². The van der Waals surface area contributed by atoms with Gasteiger partial charge in [0.1, 0.15) is 11.8 Å². The van der Waals surface area contributed by atoms with Crippen molar-refractivity contribution in [3.8, 4) is 5.75 Å². The summed E-state index contributed by atoms with van der Waals surface area (Å²) in [6.45, 7) is 2.39. The van der Waals surface area contributed by atoms with Gasteiger partial charge in [0.25, 0.3) is 5.91 Å². The lowest BCUT2D eigenvalue weighted by molar-refractivity contribution is -0.122. The number of rotatable bonds is 6. The van der Waals surface area contributed by atoms with Gasteiger partial charge in [-0.2, -0.15) is 0 Å². The molecular formula is C13H18N2O4. The monoisotopic (exact) mass is 266 g/mol. The zero-order valence-corrected chi connectivity index (χ0v) is 11.0. The van der Waals surface area contributed by atoms with Crippen LogP contribution in [0.5, 0.6) is 5.75 Å². The Bertz CT molecular complexity index is 448. The van der Waals surface area contributed by atoms with E-state index in [1.807, 2.05) is 0 Å². The predicted octanol–water partition coefficient (Wildman–Crippen LogP) is 0.273. The summed E-state index contributed by atoms with van der Waals surface area (Å²) in [5, 5.41) is 14.4. The standard InChI is InChI=1S/C13H18N2O4/c1-9(12(17)14-6-7-19-2)15-13(18)10-4-3-5-11(16)8-10/h3-5,8-9,16H,6-7H2,1-2H3,(H,14,17)(H,15,18). The number of nitrogens with one attached hydrogen (secondary N) is 2. The Labute approximate surface area is 111 Å². The Morgan fingerprint density at radius 1 is 1.42 bits per heavy atom. The van der Waals surface area contributed by atoms with Crippen molar-refractivity contribution in [2.45, 2.75) is 13.0 Å². The van der Waals surface area contributed by atoms with E-state index < -0.39 is 11.9 Å². The minimum Gasteiger partial charge on any atom is -0.508 e. The molecule has 3 N–H and O–H groups in total. The zero-order valence-electron chi connectivity index (χ0n) is 11.0. The second-order valence-electron chi connectivity index (χ2n) is 4.03. The first kappa shape index (κ1) is 15.0. The molecule has 2 amide bonds. The Morgan fingerprint density at radius 3 is 2.79 bits per heavy atom. The molecule has 0 spiro atoms. The van der Waals surface area contributed by atoms with Gasteiger partial charge in [-0.05, 0) is 25.1 Å². The number of carbonyl (C=O) groups excluding carboxylic acids is 2. The van der Waals surface area contributed by atoms with Gasteiger partial charge in [0.2, 0.25) is 5.91 Å².